The van der Waals surface area contributed by atoms with Gasteiger partial charge in [0.05, 0.1) is 0 Å². The van der Waals surface area contributed by atoms with E-state index in [1.54, 1.807) is 7.85 Å². The first-order valence-corrected chi connectivity index (χ1v) is 2.04. The standard InChI is InChI=1S/CH4BFS/c2-1-4-3/h1-2H2. The van der Waals surface area contributed by atoms with E-state index < -0.39 is 0 Å². The molecule has 0 atom stereocenters. The monoisotopic (exact) mass is 78.0 g/mol. The van der Waals surface area contributed by atoms with Gasteiger partial charge in [0.2, 0.25) is 0 Å². The molecule has 0 saturated heterocycles. The van der Waals surface area contributed by atoms with Crippen molar-refractivity contribution in [2.45, 2.75) is 0 Å². The molecule has 0 heterocycles. The maximum Gasteiger partial charge on any atom is 0.117 e. The fraction of sp³-hybridized carbons (Fsp3) is 1.00. The normalized spacial score (nSPS) is 7.25. The Morgan fingerprint density at radius 3 is 2.25 bits per heavy atom. The largest absolute Gasteiger partial charge is 0.166 e. The molecule has 3 heteroatoms. The quantitative estimate of drug-likeness (QED) is 0.403. The molecule has 0 aromatic heterocycles. The minimum atomic E-state index is 0.356. The number of hydrogen-bond donors (Lipinski definition) is 0. The van der Waals surface area contributed by atoms with E-state index in [2.05, 4.69) is 0 Å². The lowest BCUT2D eigenvalue weighted by atomic mass is 10.2. The van der Waals surface area contributed by atoms with Gasteiger partial charge in [0.25, 0.3) is 0 Å². The lowest BCUT2D eigenvalue weighted by Crippen LogP contribution is -1.60. The third kappa shape index (κ3) is 2.34. The Bertz CT molecular complexity index is 10.0. The molecule has 0 aliphatic heterocycles. The van der Waals surface area contributed by atoms with Gasteiger partial charge >= 0.3 is 0 Å². The van der Waals surface area contributed by atoms with Crippen LogP contribution in [0.3, 0.4) is 0 Å². The van der Waals surface area contributed by atoms with Crippen LogP contribution in [0.2, 0.25) is 0 Å². The van der Waals surface area contributed by atoms with E-state index >= 15 is 0 Å². The molecule has 0 spiro atoms. The van der Waals surface area contributed by atoms with Crippen molar-refractivity contribution in [2.24, 2.45) is 0 Å². The summed E-state index contributed by atoms with van der Waals surface area (Å²) in [5, 5.41) is 0. The molecule has 0 saturated carbocycles. The average Bonchev–Trinajstić information content (AvgIpc) is 1.37. The maximum absolute atomic E-state index is 10.6. The summed E-state index contributed by atoms with van der Waals surface area (Å²) in [5.74, 6) is 0. The van der Waals surface area contributed by atoms with Crippen molar-refractivity contribution in [3.8, 4) is 0 Å². The van der Waals surface area contributed by atoms with E-state index in [1.807, 2.05) is 0 Å². The van der Waals surface area contributed by atoms with Crippen molar-refractivity contribution < 1.29 is 3.89 Å². The van der Waals surface area contributed by atoms with Crippen LogP contribution in [0.1, 0.15) is 0 Å². The molecule has 0 aliphatic carbocycles. The molecule has 24 valence electrons. The SMILES string of the molecule is BCSF. The van der Waals surface area contributed by atoms with Gasteiger partial charge in [-0.2, -0.15) is 3.89 Å². The zero-order chi connectivity index (χ0) is 3.41. The third-order valence-corrected chi connectivity index (χ3v) is 0.327. The molecular weight excluding hydrogens is 73.9 g/mol. The summed E-state index contributed by atoms with van der Waals surface area (Å²) < 4.78 is 10.6. The van der Waals surface area contributed by atoms with Gasteiger partial charge in [-0.15, -0.1) is 0 Å². The average molecular weight is 77.9 g/mol. The summed E-state index contributed by atoms with van der Waals surface area (Å²) >= 11 is 0.356. The van der Waals surface area contributed by atoms with Crippen molar-refractivity contribution in [1.29, 1.82) is 0 Å². The number of hydrogen-bond acceptors (Lipinski definition) is 1. The van der Waals surface area contributed by atoms with Crippen LogP contribution in [0, 0.1) is 0 Å². The number of halogens is 1. The van der Waals surface area contributed by atoms with E-state index in [9.17, 15) is 3.89 Å². The van der Waals surface area contributed by atoms with Gasteiger partial charge in [-0.1, -0.05) is 0 Å². The van der Waals surface area contributed by atoms with Crippen LogP contribution in [-0.2, 0) is 0 Å². The van der Waals surface area contributed by atoms with Gasteiger partial charge in [0.1, 0.15) is 7.85 Å². The third-order valence-electron chi connectivity index (χ3n) is 0.109. The molecule has 0 nitrogen and oxygen atoms in total. The molecule has 0 radical (unpaired) electrons. The van der Waals surface area contributed by atoms with E-state index in [1.165, 1.54) is 0 Å². The van der Waals surface area contributed by atoms with E-state index in [-0.39, 0.29) is 0 Å². The molecule has 0 N–H and O–H groups in total. The zero-order valence-electron chi connectivity index (χ0n) is 2.49. The Hall–Kier alpha value is 0.345. The van der Waals surface area contributed by atoms with Gasteiger partial charge in [0, 0.05) is 12.1 Å². The van der Waals surface area contributed by atoms with E-state index in [0.717, 1.165) is 0 Å². The van der Waals surface area contributed by atoms with Crippen LogP contribution < -0.4 is 0 Å². The van der Waals surface area contributed by atoms with Crippen LogP contribution in [-0.4, -0.2) is 13.5 Å². The highest BCUT2D eigenvalue weighted by atomic mass is 32.2. The van der Waals surface area contributed by atoms with Crippen LogP contribution in [0.4, 0.5) is 3.89 Å². The molecule has 0 rings (SSSR count). The van der Waals surface area contributed by atoms with E-state index in [0.29, 0.717) is 17.8 Å². The number of rotatable bonds is 1. The second kappa shape index (κ2) is 3.34. The van der Waals surface area contributed by atoms with Crippen molar-refractivity contribution in [2.75, 3.05) is 5.65 Å². The summed E-state index contributed by atoms with van der Waals surface area (Å²) in [6.45, 7) is 0. The van der Waals surface area contributed by atoms with Crippen LogP contribution in [0.15, 0.2) is 0 Å². The molecule has 0 bridgehead atoms. The Labute approximate surface area is 30.5 Å². The van der Waals surface area contributed by atoms with Gasteiger partial charge in [-0.3, -0.25) is 0 Å². The summed E-state index contributed by atoms with van der Waals surface area (Å²) in [4.78, 5) is 0. The molecule has 0 unspecified atom stereocenters. The van der Waals surface area contributed by atoms with Crippen molar-refractivity contribution in [3.05, 3.63) is 0 Å². The van der Waals surface area contributed by atoms with Crippen molar-refractivity contribution in [3.63, 3.8) is 0 Å². The molecule has 0 aliphatic rings. The summed E-state index contributed by atoms with van der Waals surface area (Å²) in [6.07, 6.45) is 0. The van der Waals surface area contributed by atoms with E-state index in [4.69, 9.17) is 0 Å². The van der Waals surface area contributed by atoms with Gasteiger partial charge < -0.3 is 0 Å². The smallest absolute Gasteiger partial charge is 0.117 e. The summed E-state index contributed by atoms with van der Waals surface area (Å²) in [6, 6.07) is 0. The predicted octanol–water partition coefficient (Wildman–Crippen LogP) is 0.195. The molecule has 4 heavy (non-hydrogen) atoms. The minimum Gasteiger partial charge on any atom is -0.166 e. The first-order valence-electron chi connectivity index (χ1n) is 1.15. The Kier molecular flexibility index (Phi) is 3.63. The zero-order valence-corrected chi connectivity index (χ0v) is 3.31. The second-order valence-corrected chi connectivity index (χ2v) is 1.19. The first-order chi connectivity index (χ1) is 1.91. The van der Waals surface area contributed by atoms with Gasteiger partial charge in [0.15, 0.2) is 0 Å². The van der Waals surface area contributed by atoms with Crippen molar-refractivity contribution >= 4 is 20.0 Å². The summed E-state index contributed by atoms with van der Waals surface area (Å²) in [7, 11) is 1.77. The van der Waals surface area contributed by atoms with Gasteiger partial charge in [-0.05, 0) is 5.65 Å². The molecule has 0 amide bonds. The van der Waals surface area contributed by atoms with Gasteiger partial charge in [-0.25, -0.2) is 0 Å². The Morgan fingerprint density at radius 1 is 2.00 bits per heavy atom. The highest BCUT2D eigenvalue weighted by molar-refractivity contribution is 7.95. The fourth-order valence-electron chi connectivity index (χ4n) is 0. The summed E-state index contributed by atoms with van der Waals surface area (Å²) in [5.41, 5.74) is 0.569. The first kappa shape index (κ1) is 4.34. The Morgan fingerprint density at radius 2 is 2.25 bits per heavy atom. The van der Waals surface area contributed by atoms with Crippen LogP contribution >= 0.6 is 12.1 Å². The lowest BCUT2D eigenvalue weighted by Gasteiger charge is -1.62. The predicted molar refractivity (Wildman–Crippen MR) is 22.1 cm³/mol. The molecular formula is CH4BFS. The molecule has 0 aromatic rings. The van der Waals surface area contributed by atoms with Crippen LogP contribution in [0.25, 0.3) is 0 Å². The Balaban J connectivity index is 1.97. The topological polar surface area (TPSA) is 0 Å². The molecule has 0 aromatic carbocycles. The van der Waals surface area contributed by atoms with Crippen LogP contribution in [0.5, 0.6) is 0 Å². The highest BCUT2D eigenvalue weighted by Gasteiger charge is 1.63. The lowest BCUT2D eigenvalue weighted by molar-refractivity contribution is 0.942. The molecule has 0 fully saturated rings. The highest BCUT2D eigenvalue weighted by Crippen LogP contribution is 1.91. The fourth-order valence-corrected chi connectivity index (χ4v) is 0. The second-order valence-electron chi connectivity index (χ2n) is 0.398. The maximum atomic E-state index is 10.6. The van der Waals surface area contributed by atoms with Crippen molar-refractivity contribution in [1.82, 2.24) is 0 Å². The minimum absolute atomic E-state index is 0.356.